The zero-order chi connectivity index (χ0) is 13.8. The third-order valence-corrected chi connectivity index (χ3v) is 3.15. The zero-order valence-electron chi connectivity index (χ0n) is 9.68. The number of carboxylic acids is 1. The number of carboxylic acid groups (broad SMARTS) is 1. The molecule has 0 saturated heterocycles. The van der Waals surface area contributed by atoms with E-state index in [9.17, 15) is 4.79 Å². The molecule has 100 valence electrons. The summed E-state index contributed by atoms with van der Waals surface area (Å²) in [7, 11) is 0. The van der Waals surface area contributed by atoms with Crippen molar-refractivity contribution in [1.82, 2.24) is 15.0 Å². The molecule has 1 aromatic carbocycles. The maximum atomic E-state index is 10.6. The fourth-order valence-electron chi connectivity index (χ4n) is 1.44. The highest BCUT2D eigenvalue weighted by Gasteiger charge is 2.07. The maximum Gasteiger partial charge on any atom is 0.358 e. The van der Waals surface area contributed by atoms with Gasteiger partial charge in [-0.1, -0.05) is 32.7 Å². The molecule has 2 N–H and O–H groups in total. The van der Waals surface area contributed by atoms with E-state index >= 15 is 0 Å². The van der Waals surface area contributed by atoms with Crippen molar-refractivity contribution in [2.75, 3.05) is 11.9 Å². The van der Waals surface area contributed by atoms with Gasteiger partial charge in [0.2, 0.25) is 0 Å². The lowest BCUT2D eigenvalue weighted by Crippen LogP contribution is -2.11. The van der Waals surface area contributed by atoms with Crippen molar-refractivity contribution in [3.8, 4) is 0 Å². The molecule has 0 aliphatic rings. The van der Waals surface area contributed by atoms with Gasteiger partial charge in [0.05, 0.1) is 23.5 Å². The summed E-state index contributed by atoms with van der Waals surface area (Å²) in [5.41, 5.74) is 0.741. The first-order valence-electron chi connectivity index (χ1n) is 5.38. The Morgan fingerprint density at radius 3 is 2.95 bits per heavy atom. The van der Waals surface area contributed by atoms with Gasteiger partial charge in [-0.25, -0.2) is 9.48 Å². The minimum atomic E-state index is -1.09. The van der Waals surface area contributed by atoms with E-state index in [1.54, 1.807) is 6.07 Å². The first-order chi connectivity index (χ1) is 9.06. The lowest BCUT2D eigenvalue weighted by molar-refractivity contribution is 0.0690. The Morgan fingerprint density at radius 2 is 2.32 bits per heavy atom. The van der Waals surface area contributed by atoms with Crippen LogP contribution in [0.5, 0.6) is 0 Å². The van der Waals surface area contributed by atoms with Crippen LogP contribution in [0.25, 0.3) is 0 Å². The van der Waals surface area contributed by atoms with Crippen LogP contribution in [0.1, 0.15) is 10.5 Å². The summed E-state index contributed by atoms with van der Waals surface area (Å²) < 4.78 is 2.37. The number of halogens is 2. The Hall–Kier alpha value is -1.60. The van der Waals surface area contributed by atoms with E-state index in [0.717, 1.165) is 10.2 Å². The molecule has 1 heterocycles. The Bertz CT molecular complexity index is 602. The van der Waals surface area contributed by atoms with Gasteiger partial charge in [0.25, 0.3) is 0 Å². The van der Waals surface area contributed by atoms with Gasteiger partial charge in [0, 0.05) is 11.0 Å². The van der Waals surface area contributed by atoms with E-state index in [2.05, 4.69) is 31.6 Å². The highest BCUT2D eigenvalue weighted by molar-refractivity contribution is 9.10. The van der Waals surface area contributed by atoms with Crippen molar-refractivity contribution >= 4 is 39.2 Å². The topological polar surface area (TPSA) is 80.0 Å². The standard InChI is InChI=1S/C11H10BrClN4O2/c12-7-1-2-9(8(13)5-7)14-3-4-17-6-10(11(18)19)15-16-17/h1-2,5-6,14H,3-4H2,(H,18,19). The number of nitrogens with zero attached hydrogens (tertiary/aromatic N) is 3. The van der Waals surface area contributed by atoms with Crippen LogP contribution in [0.15, 0.2) is 28.9 Å². The van der Waals surface area contributed by atoms with Crippen LogP contribution in [0.4, 0.5) is 5.69 Å². The Labute approximate surface area is 122 Å². The molecule has 6 nitrogen and oxygen atoms in total. The fraction of sp³-hybridized carbons (Fsp3) is 0.182. The second-order valence-corrected chi connectivity index (χ2v) is 5.05. The molecule has 0 amide bonds. The third-order valence-electron chi connectivity index (χ3n) is 2.35. The van der Waals surface area contributed by atoms with E-state index in [-0.39, 0.29) is 5.69 Å². The van der Waals surface area contributed by atoms with Crippen molar-refractivity contribution in [3.63, 3.8) is 0 Å². The van der Waals surface area contributed by atoms with Crippen LogP contribution in [0.3, 0.4) is 0 Å². The molecule has 0 spiro atoms. The van der Waals surface area contributed by atoms with Gasteiger partial charge in [-0.05, 0) is 18.2 Å². The van der Waals surface area contributed by atoms with Crippen molar-refractivity contribution in [3.05, 3.63) is 39.6 Å². The summed E-state index contributed by atoms with van der Waals surface area (Å²) in [6, 6.07) is 5.53. The quantitative estimate of drug-likeness (QED) is 0.870. The molecule has 2 rings (SSSR count). The molecule has 0 radical (unpaired) electrons. The first-order valence-corrected chi connectivity index (χ1v) is 6.55. The van der Waals surface area contributed by atoms with Crippen molar-refractivity contribution in [2.45, 2.75) is 6.54 Å². The average Bonchev–Trinajstić information content (AvgIpc) is 2.81. The van der Waals surface area contributed by atoms with E-state index in [0.29, 0.717) is 18.1 Å². The molecule has 19 heavy (non-hydrogen) atoms. The summed E-state index contributed by atoms with van der Waals surface area (Å²) in [5, 5.41) is 19.7. The molecule has 0 atom stereocenters. The van der Waals surface area contributed by atoms with E-state index in [1.807, 2.05) is 12.1 Å². The second kappa shape index (κ2) is 6.03. The highest BCUT2D eigenvalue weighted by atomic mass is 79.9. The van der Waals surface area contributed by atoms with Crippen LogP contribution in [0.2, 0.25) is 5.02 Å². The molecular weight excluding hydrogens is 336 g/mol. The number of rotatable bonds is 5. The molecule has 8 heteroatoms. The van der Waals surface area contributed by atoms with Gasteiger partial charge < -0.3 is 10.4 Å². The number of carbonyl (C=O) groups is 1. The van der Waals surface area contributed by atoms with Crippen molar-refractivity contribution in [2.24, 2.45) is 0 Å². The van der Waals surface area contributed by atoms with Crippen LogP contribution in [-0.4, -0.2) is 32.6 Å². The molecule has 0 unspecified atom stereocenters. The number of aromatic nitrogens is 3. The minimum absolute atomic E-state index is 0.0679. The lowest BCUT2D eigenvalue weighted by atomic mass is 10.3. The van der Waals surface area contributed by atoms with Gasteiger partial charge in [0.15, 0.2) is 5.69 Å². The van der Waals surface area contributed by atoms with Crippen LogP contribution in [0, 0.1) is 0 Å². The predicted octanol–water partition coefficient (Wildman–Crippen LogP) is 2.50. The normalized spacial score (nSPS) is 10.4. The van der Waals surface area contributed by atoms with E-state index in [1.165, 1.54) is 10.9 Å². The van der Waals surface area contributed by atoms with Gasteiger partial charge >= 0.3 is 5.97 Å². The third kappa shape index (κ3) is 3.68. The van der Waals surface area contributed by atoms with Crippen LogP contribution < -0.4 is 5.32 Å². The van der Waals surface area contributed by atoms with Gasteiger partial charge in [-0.15, -0.1) is 5.10 Å². The number of hydrogen-bond donors (Lipinski definition) is 2. The van der Waals surface area contributed by atoms with Gasteiger partial charge in [0.1, 0.15) is 0 Å². The smallest absolute Gasteiger partial charge is 0.358 e. The summed E-state index contributed by atoms with van der Waals surface area (Å²) >= 11 is 9.38. The van der Waals surface area contributed by atoms with Crippen molar-refractivity contribution in [1.29, 1.82) is 0 Å². The Kier molecular flexibility index (Phi) is 4.39. The Balaban J connectivity index is 1.90. The molecule has 1 aromatic heterocycles. The predicted molar refractivity (Wildman–Crippen MR) is 74.6 cm³/mol. The van der Waals surface area contributed by atoms with Gasteiger partial charge in [-0.3, -0.25) is 0 Å². The minimum Gasteiger partial charge on any atom is -0.476 e. The summed E-state index contributed by atoms with van der Waals surface area (Å²) in [4.78, 5) is 10.6. The monoisotopic (exact) mass is 344 g/mol. The molecule has 0 fully saturated rings. The van der Waals surface area contributed by atoms with E-state index < -0.39 is 5.97 Å². The molecule has 0 aliphatic heterocycles. The van der Waals surface area contributed by atoms with Crippen LogP contribution in [-0.2, 0) is 6.54 Å². The molecular formula is C11H10BrClN4O2. The second-order valence-electron chi connectivity index (χ2n) is 3.72. The summed E-state index contributed by atoms with van der Waals surface area (Å²) in [6.07, 6.45) is 1.38. The fourth-order valence-corrected chi connectivity index (χ4v) is 2.18. The SMILES string of the molecule is O=C(O)c1cn(CCNc2ccc(Br)cc2Cl)nn1. The van der Waals surface area contributed by atoms with Crippen LogP contribution >= 0.6 is 27.5 Å². The molecule has 2 aromatic rings. The number of nitrogens with one attached hydrogen (secondary N) is 1. The number of aromatic carboxylic acids is 1. The van der Waals surface area contributed by atoms with E-state index in [4.69, 9.17) is 16.7 Å². The highest BCUT2D eigenvalue weighted by Crippen LogP contribution is 2.25. The summed E-state index contributed by atoms with van der Waals surface area (Å²) in [5.74, 6) is -1.09. The lowest BCUT2D eigenvalue weighted by Gasteiger charge is -2.08. The van der Waals surface area contributed by atoms with Gasteiger partial charge in [-0.2, -0.15) is 0 Å². The number of benzene rings is 1. The molecule has 0 saturated carbocycles. The van der Waals surface area contributed by atoms with Crippen molar-refractivity contribution < 1.29 is 9.90 Å². The Morgan fingerprint density at radius 1 is 1.53 bits per heavy atom. The largest absolute Gasteiger partial charge is 0.476 e. The number of anilines is 1. The zero-order valence-corrected chi connectivity index (χ0v) is 12.0. The average molecular weight is 346 g/mol. The first kappa shape index (κ1) is 13.8. The number of hydrogen-bond acceptors (Lipinski definition) is 4. The maximum absolute atomic E-state index is 10.6. The molecule has 0 bridgehead atoms. The molecule has 0 aliphatic carbocycles. The summed E-state index contributed by atoms with van der Waals surface area (Å²) in [6.45, 7) is 1.05.